The smallest absolute Gasteiger partial charge is 0.270 e. The predicted molar refractivity (Wildman–Crippen MR) is 151 cm³/mol. The molecule has 2 N–H and O–H groups in total. The quantitative estimate of drug-likeness (QED) is 0.351. The number of carbonyl (C=O) groups is 3. The molecule has 5 rings (SSSR count). The van der Waals surface area contributed by atoms with Gasteiger partial charge in [0.1, 0.15) is 5.82 Å². The topological polar surface area (TPSA) is 96.3 Å². The normalized spacial score (nSPS) is 13.0. The van der Waals surface area contributed by atoms with E-state index in [0.717, 1.165) is 23.6 Å². The molecule has 8 nitrogen and oxygen atoms in total. The Bertz CT molecular complexity index is 1690. The molecule has 1 aromatic heterocycles. The van der Waals surface area contributed by atoms with Crippen LogP contribution >= 0.6 is 0 Å². The number of fused-ring (bicyclic) bond motifs is 2. The number of amides is 3. The number of nitrogens with zero attached hydrogens (tertiary/aromatic N) is 3. The van der Waals surface area contributed by atoms with Crippen LogP contribution in [0.4, 0.5) is 14.5 Å². The van der Waals surface area contributed by atoms with Gasteiger partial charge in [-0.1, -0.05) is 24.3 Å². The van der Waals surface area contributed by atoms with Gasteiger partial charge in [-0.2, -0.15) is 0 Å². The van der Waals surface area contributed by atoms with Crippen LogP contribution in [0.3, 0.4) is 0 Å². The van der Waals surface area contributed by atoms with E-state index >= 15 is 0 Å². The second-order valence-electron chi connectivity index (χ2n) is 10.1. The number of nitrogens with one attached hydrogen (secondary N) is 2. The molecule has 0 radical (unpaired) electrons. The molecule has 0 atom stereocenters. The Hall–Kier alpha value is -4.78. The van der Waals surface area contributed by atoms with Crippen molar-refractivity contribution in [2.24, 2.45) is 0 Å². The van der Waals surface area contributed by atoms with Crippen molar-refractivity contribution in [2.75, 3.05) is 18.9 Å². The van der Waals surface area contributed by atoms with Crippen LogP contribution in [0.15, 0.2) is 42.5 Å². The molecule has 210 valence electrons. The second kappa shape index (κ2) is 10.7. The van der Waals surface area contributed by atoms with Crippen molar-refractivity contribution in [3.05, 3.63) is 82.4 Å². The first-order valence-electron chi connectivity index (χ1n) is 13.3. The van der Waals surface area contributed by atoms with E-state index in [2.05, 4.69) is 22.8 Å². The minimum absolute atomic E-state index is 0.0261. The zero-order valence-electron chi connectivity index (χ0n) is 23.2. The largest absolute Gasteiger partial charge is 0.355 e. The first kappa shape index (κ1) is 27.8. The van der Waals surface area contributed by atoms with Crippen LogP contribution in [0.2, 0.25) is 0 Å². The zero-order chi connectivity index (χ0) is 29.5. The summed E-state index contributed by atoms with van der Waals surface area (Å²) in [5.74, 6) is -3.66. The highest BCUT2D eigenvalue weighted by Gasteiger charge is 2.29. The SMILES string of the molecule is CCn1c(-c2ccc3c(c2)CCN(C(C)=O)C3)nc2cc(C(C)(F)F)cc(C(=O)Nc3cc#cc(C(=O)NC)c3)c21. The standard InChI is InChI=1S/C31H29F2N5O3/c1-5-38-27-25(30(41)35-24-8-6-7-21(14-24)29(40)34-4)15-23(31(3,32)33)16-26(27)36-28(38)20-9-10-22-17-37(18(2)39)12-11-19(22)13-20/h8-10,13-16H,5,11-12,17H2,1-4H3,(H,34,40)(H,35,41). The summed E-state index contributed by atoms with van der Waals surface area (Å²) in [5, 5.41) is 5.20. The molecule has 1 aliphatic rings. The number of benzene rings is 2. The second-order valence-corrected chi connectivity index (χ2v) is 10.1. The lowest BCUT2D eigenvalue weighted by Gasteiger charge is -2.28. The van der Waals surface area contributed by atoms with E-state index in [9.17, 15) is 23.2 Å². The van der Waals surface area contributed by atoms with Gasteiger partial charge >= 0.3 is 0 Å². The molecule has 3 aromatic carbocycles. The molecular formula is C31H29F2N5O3. The van der Waals surface area contributed by atoms with Crippen LogP contribution in [0.25, 0.3) is 22.4 Å². The highest BCUT2D eigenvalue weighted by Crippen LogP contribution is 2.35. The lowest BCUT2D eigenvalue weighted by Crippen LogP contribution is -2.34. The molecule has 41 heavy (non-hydrogen) atoms. The van der Waals surface area contributed by atoms with E-state index < -0.39 is 17.7 Å². The first-order chi connectivity index (χ1) is 19.5. The maximum Gasteiger partial charge on any atom is 0.270 e. The third kappa shape index (κ3) is 5.35. The summed E-state index contributed by atoms with van der Waals surface area (Å²) in [6, 6.07) is 16.7. The number of halogens is 2. The van der Waals surface area contributed by atoms with Crippen molar-refractivity contribution in [2.45, 2.75) is 46.2 Å². The van der Waals surface area contributed by atoms with Crippen molar-refractivity contribution >= 4 is 34.4 Å². The molecule has 2 heterocycles. The summed E-state index contributed by atoms with van der Waals surface area (Å²) in [6.45, 7) is 5.81. The number of hydrogen-bond acceptors (Lipinski definition) is 4. The zero-order valence-corrected chi connectivity index (χ0v) is 23.2. The van der Waals surface area contributed by atoms with E-state index in [-0.39, 0.29) is 33.8 Å². The number of imidazole rings is 1. The van der Waals surface area contributed by atoms with E-state index in [4.69, 9.17) is 4.98 Å². The number of hydrogen-bond donors (Lipinski definition) is 2. The molecule has 10 heteroatoms. The Labute approximate surface area is 236 Å². The number of anilines is 1. The Morgan fingerprint density at radius 1 is 1.10 bits per heavy atom. The van der Waals surface area contributed by atoms with Crippen molar-refractivity contribution in [3.8, 4) is 11.4 Å². The van der Waals surface area contributed by atoms with E-state index in [1.54, 1.807) is 11.8 Å². The summed E-state index contributed by atoms with van der Waals surface area (Å²) in [6.07, 6.45) is 0.693. The van der Waals surface area contributed by atoms with Crippen LogP contribution < -0.4 is 10.6 Å². The maximum absolute atomic E-state index is 14.6. The molecule has 0 unspecified atom stereocenters. The van der Waals surface area contributed by atoms with Crippen LogP contribution in [-0.4, -0.2) is 45.8 Å². The van der Waals surface area contributed by atoms with Crippen molar-refractivity contribution in [1.82, 2.24) is 19.8 Å². The fourth-order valence-electron chi connectivity index (χ4n) is 5.14. The summed E-state index contributed by atoms with van der Waals surface area (Å²) in [4.78, 5) is 44.0. The minimum atomic E-state index is -3.21. The van der Waals surface area contributed by atoms with Gasteiger partial charge in [0.25, 0.3) is 17.7 Å². The van der Waals surface area contributed by atoms with Crippen LogP contribution in [-0.2, 0) is 30.2 Å². The maximum atomic E-state index is 14.6. The van der Waals surface area contributed by atoms with Gasteiger partial charge in [0.05, 0.1) is 27.8 Å². The molecule has 0 bridgehead atoms. The Kier molecular flexibility index (Phi) is 7.22. The van der Waals surface area contributed by atoms with Gasteiger partial charge in [0, 0.05) is 57.7 Å². The molecule has 0 saturated carbocycles. The predicted octanol–water partition coefficient (Wildman–Crippen LogP) is 4.95. The Morgan fingerprint density at radius 2 is 1.88 bits per heavy atom. The van der Waals surface area contributed by atoms with Gasteiger partial charge in [-0.05, 0) is 48.7 Å². The van der Waals surface area contributed by atoms with Crippen molar-refractivity contribution in [3.63, 3.8) is 0 Å². The molecule has 1 aliphatic heterocycles. The molecule has 0 spiro atoms. The van der Waals surface area contributed by atoms with Crippen LogP contribution in [0, 0.1) is 12.1 Å². The average molecular weight is 558 g/mol. The summed E-state index contributed by atoms with van der Waals surface area (Å²) in [5.41, 5.74) is 3.76. The van der Waals surface area contributed by atoms with E-state index in [1.165, 1.54) is 31.3 Å². The van der Waals surface area contributed by atoms with Gasteiger partial charge in [0.15, 0.2) is 0 Å². The molecule has 0 saturated heterocycles. The van der Waals surface area contributed by atoms with E-state index in [0.29, 0.717) is 37.4 Å². The molecule has 0 aliphatic carbocycles. The van der Waals surface area contributed by atoms with E-state index in [1.807, 2.05) is 29.7 Å². The fourth-order valence-corrected chi connectivity index (χ4v) is 5.14. The van der Waals surface area contributed by atoms with Gasteiger partial charge in [0.2, 0.25) is 5.91 Å². The third-order valence-electron chi connectivity index (χ3n) is 7.30. The molecular weight excluding hydrogens is 528 g/mol. The highest BCUT2D eigenvalue weighted by molar-refractivity contribution is 6.12. The molecule has 0 fully saturated rings. The van der Waals surface area contributed by atoms with Crippen LogP contribution in [0.5, 0.6) is 0 Å². The number of aryl methyl sites for hydroxylation is 1. The lowest BCUT2D eigenvalue weighted by molar-refractivity contribution is -0.129. The molecule has 3 amide bonds. The first-order valence-corrected chi connectivity index (χ1v) is 13.3. The minimum Gasteiger partial charge on any atom is -0.355 e. The summed E-state index contributed by atoms with van der Waals surface area (Å²) < 4.78 is 31.0. The number of alkyl halides is 2. The summed E-state index contributed by atoms with van der Waals surface area (Å²) >= 11 is 0. The van der Waals surface area contributed by atoms with Gasteiger partial charge in [-0.15, -0.1) is 0 Å². The number of carbonyl (C=O) groups excluding carboxylic acids is 3. The van der Waals surface area contributed by atoms with Crippen molar-refractivity contribution < 1.29 is 23.2 Å². The monoisotopic (exact) mass is 557 g/mol. The lowest BCUT2D eigenvalue weighted by atomic mass is 9.97. The van der Waals surface area contributed by atoms with Gasteiger partial charge in [-0.3, -0.25) is 14.4 Å². The Morgan fingerprint density at radius 3 is 2.56 bits per heavy atom. The Balaban J connectivity index is 1.61. The summed E-state index contributed by atoms with van der Waals surface area (Å²) in [7, 11) is 1.47. The van der Waals surface area contributed by atoms with Gasteiger partial charge in [-0.25, -0.2) is 13.8 Å². The fraction of sp³-hybridized carbons (Fsp3) is 0.290. The van der Waals surface area contributed by atoms with Gasteiger partial charge < -0.3 is 20.1 Å². The number of aromatic nitrogens is 2. The van der Waals surface area contributed by atoms with Crippen molar-refractivity contribution in [1.29, 1.82) is 0 Å². The average Bonchev–Trinajstić information content (AvgIpc) is 3.34. The number of rotatable bonds is 6. The molecule has 4 aromatic rings. The third-order valence-corrected chi connectivity index (χ3v) is 7.30. The highest BCUT2D eigenvalue weighted by atomic mass is 19.3. The van der Waals surface area contributed by atoms with Crippen LogP contribution in [0.1, 0.15) is 58.2 Å².